The SMILES string of the molecule is CCOC(=O)c1cn(Cc2ccc([N+](=O)[O-])cc2)c2cc(C(C#N)C(=O)OCC)c(F)cc2c1=O. The zero-order chi connectivity index (χ0) is 25.7. The second-order valence-electron chi connectivity index (χ2n) is 7.35. The fourth-order valence-corrected chi connectivity index (χ4v) is 3.53. The molecule has 2 aromatic carbocycles. The van der Waals surface area contributed by atoms with E-state index in [1.807, 2.05) is 0 Å². The van der Waals surface area contributed by atoms with E-state index in [2.05, 4.69) is 0 Å². The Balaban J connectivity index is 2.25. The highest BCUT2D eigenvalue weighted by atomic mass is 19.1. The van der Waals surface area contributed by atoms with Crippen LogP contribution in [0.1, 0.15) is 41.3 Å². The molecule has 0 aliphatic heterocycles. The number of rotatable bonds is 8. The number of benzene rings is 2. The molecule has 0 amide bonds. The van der Waals surface area contributed by atoms with Gasteiger partial charge in [0.05, 0.1) is 29.7 Å². The van der Waals surface area contributed by atoms with Crippen LogP contribution in [0.5, 0.6) is 0 Å². The van der Waals surface area contributed by atoms with Crippen molar-refractivity contribution in [3.8, 4) is 6.07 Å². The van der Waals surface area contributed by atoms with Crippen LogP contribution in [0.4, 0.5) is 10.1 Å². The molecule has 11 heteroatoms. The molecule has 1 aromatic heterocycles. The maximum absolute atomic E-state index is 15.0. The largest absolute Gasteiger partial charge is 0.465 e. The Hall–Kier alpha value is -4.59. The van der Waals surface area contributed by atoms with Gasteiger partial charge in [0.25, 0.3) is 5.69 Å². The Morgan fingerprint density at radius 3 is 2.40 bits per heavy atom. The van der Waals surface area contributed by atoms with E-state index in [4.69, 9.17) is 9.47 Å². The van der Waals surface area contributed by atoms with Crippen molar-refractivity contribution in [1.29, 1.82) is 5.26 Å². The molecule has 0 N–H and O–H groups in total. The number of nitro benzene ring substituents is 1. The number of nitriles is 1. The van der Waals surface area contributed by atoms with E-state index >= 15 is 4.39 Å². The summed E-state index contributed by atoms with van der Waals surface area (Å²) < 4.78 is 26.3. The minimum absolute atomic E-state index is 0.00928. The van der Waals surface area contributed by atoms with Crippen LogP contribution in [0.25, 0.3) is 10.9 Å². The fraction of sp³-hybridized carbons (Fsp3) is 0.250. The van der Waals surface area contributed by atoms with Gasteiger partial charge in [0, 0.05) is 35.8 Å². The van der Waals surface area contributed by atoms with Crippen molar-refractivity contribution in [3.63, 3.8) is 0 Å². The van der Waals surface area contributed by atoms with Crippen LogP contribution in [-0.2, 0) is 20.8 Å². The van der Waals surface area contributed by atoms with Crippen LogP contribution in [0.15, 0.2) is 47.4 Å². The molecule has 0 fully saturated rings. The molecule has 0 saturated carbocycles. The monoisotopic (exact) mass is 481 g/mol. The van der Waals surface area contributed by atoms with Gasteiger partial charge in [-0.1, -0.05) is 12.1 Å². The zero-order valence-electron chi connectivity index (χ0n) is 18.8. The molecule has 0 radical (unpaired) electrons. The zero-order valence-corrected chi connectivity index (χ0v) is 18.8. The second-order valence-corrected chi connectivity index (χ2v) is 7.35. The molecule has 0 saturated heterocycles. The number of carbonyl (C=O) groups is 2. The van der Waals surface area contributed by atoms with E-state index in [9.17, 15) is 29.8 Å². The number of aromatic nitrogens is 1. The number of halogens is 1. The Morgan fingerprint density at radius 2 is 1.83 bits per heavy atom. The molecule has 0 spiro atoms. The summed E-state index contributed by atoms with van der Waals surface area (Å²) in [5.41, 5.74) is -0.824. The topological polar surface area (TPSA) is 142 Å². The van der Waals surface area contributed by atoms with Crippen molar-refractivity contribution in [2.45, 2.75) is 26.3 Å². The molecule has 35 heavy (non-hydrogen) atoms. The van der Waals surface area contributed by atoms with Gasteiger partial charge >= 0.3 is 11.9 Å². The molecule has 0 aliphatic carbocycles. The Kier molecular flexibility index (Phi) is 7.56. The van der Waals surface area contributed by atoms with Gasteiger partial charge in [-0.15, -0.1) is 0 Å². The number of non-ortho nitro benzene ring substituents is 1. The first kappa shape index (κ1) is 25.0. The van der Waals surface area contributed by atoms with Crippen molar-refractivity contribution < 1.29 is 28.4 Å². The lowest BCUT2D eigenvalue weighted by Gasteiger charge is -2.16. The Bertz CT molecular complexity index is 1410. The molecule has 3 aromatic rings. The third kappa shape index (κ3) is 5.16. The van der Waals surface area contributed by atoms with E-state index in [1.165, 1.54) is 41.1 Å². The summed E-state index contributed by atoms with van der Waals surface area (Å²) in [6, 6.07) is 9.35. The van der Waals surface area contributed by atoms with Gasteiger partial charge in [-0.25, -0.2) is 9.18 Å². The number of nitro groups is 1. The predicted octanol–water partition coefficient (Wildman–Crippen LogP) is 3.44. The number of hydrogen-bond donors (Lipinski definition) is 0. The van der Waals surface area contributed by atoms with Crippen molar-refractivity contribution in [2.24, 2.45) is 0 Å². The number of ether oxygens (including phenoxy) is 2. The number of carbonyl (C=O) groups excluding carboxylic acids is 2. The standard InChI is InChI=1S/C24H20FN3O7/c1-3-34-23(30)18(11-26)16-10-21-17(9-20(16)25)22(29)19(24(31)35-4-2)13-27(21)12-14-5-7-15(8-6-14)28(32)33/h5-10,13,18H,3-4,12H2,1-2H3. The van der Waals surface area contributed by atoms with Crippen LogP contribution in [0, 0.1) is 27.3 Å². The lowest BCUT2D eigenvalue weighted by Crippen LogP contribution is -2.22. The molecular weight excluding hydrogens is 461 g/mol. The van der Waals surface area contributed by atoms with Crippen molar-refractivity contribution in [1.82, 2.24) is 4.57 Å². The molecule has 0 bridgehead atoms. The number of hydrogen-bond acceptors (Lipinski definition) is 8. The molecular formula is C24H20FN3O7. The molecule has 0 aliphatic rings. The van der Waals surface area contributed by atoms with Crippen molar-refractivity contribution in [3.05, 3.63) is 85.4 Å². The van der Waals surface area contributed by atoms with Gasteiger partial charge in [-0.05, 0) is 31.5 Å². The summed E-state index contributed by atoms with van der Waals surface area (Å²) in [7, 11) is 0. The Labute approximate surface area is 198 Å². The fourth-order valence-electron chi connectivity index (χ4n) is 3.53. The first-order chi connectivity index (χ1) is 16.7. The van der Waals surface area contributed by atoms with Crippen LogP contribution >= 0.6 is 0 Å². The number of pyridine rings is 1. The number of esters is 2. The minimum Gasteiger partial charge on any atom is -0.465 e. The van der Waals surface area contributed by atoms with Gasteiger partial charge in [-0.3, -0.25) is 19.7 Å². The third-order valence-corrected chi connectivity index (χ3v) is 5.16. The van der Waals surface area contributed by atoms with Crippen LogP contribution < -0.4 is 5.43 Å². The minimum atomic E-state index is -1.58. The summed E-state index contributed by atoms with van der Waals surface area (Å²) in [6.45, 7) is 3.14. The predicted molar refractivity (Wildman–Crippen MR) is 121 cm³/mol. The van der Waals surface area contributed by atoms with E-state index in [0.29, 0.717) is 5.56 Å². The third-order valence-electron chi connectivity index (χ3n) is 5.16. The highest BCUT2D eigenvalue weighted by molar-refractivity contribution is 5.94. The molecule has 180 valence electrons. The van der Waals surface area contributed by atoms with Crippen molar-refractivity contribution >= 4 is 28.5 Å². The summed E-state index contributed by atoms with van der Waals surface area (Å²) in [5, 5.41) is 20.3. The second kappa shape index (κ2) is 10.6. The number of fused-ring (bicyclic) bond motifs is 1. The summed E-state index contributed by atoms with van der Waals surface area (Å²) in [4.78, 5) is 48.0. The maximum Gasteiger partial charge on any atom is 0.343 e. The summed E-state index contributed by atoms with van der Waals surface area (Å²) in [6.07, 6.45) is 1.23. The van der Waals surface area contributed by atoms with E-state index < -0.39 is 34.0 Å². The lowest BCUT2D eigenvalue weighted by atomic mass is 9.97. The molecule has 1 atom stereocenters. The van der Waals surface area contributed by atoms with Gasteiger partial charge in [-0.2, -0.15) is 5.26 Å². The lowest BCUT2D eigenvalue weighted by molar-refractivity contribution is -0.384. The molecule has 3 rings (SSSR count). The normalized spacial score (nSPS) is 11.5. The van der Waals surface area contributed by atoms with Gasteiger partial charge in [0.15, 0.2) is 5.92 Å². The highest BCUT2D eigenvalue weighted by Gasteiger charge is 2.27. The smallest absolute Gasteiger partial charge is 0.343 e. The molecule has 1 unspecified atom stereocenters. The van der Waals surface area contributed by atoms with Crippen LogP contribution in [0.2, 0.25) is 0 Å². The quantitative estimate of drug-likeness (QED) is 0.271. The van der Waals surface area contributed by atoms with E-state index in [-0.39, 0.29) is 47.5 Å². The van der Waals surface area contributed by atoms with Crippen LogP contribution in [0.3, 0.4) is 0 Å². The first-order valence-electron chi connectivity index (χ1n) is 10.5. The average molecular weight is 481 g/mol. The Morgan fingerprint density at radius 1 is 1.17 bits per heavy atom. The average Bonchev–Trinajstić information content (AvgIpc) is 2.82. The van der Waals surface area contributed by atoms with Gasteiger partial charge in [0.2, 0.25) is 5.43 Å². The summed E-state index contributed by atoms with van der Waals surface area (Å²) >= 11 is 0. The van der Waals surface area contributed by atoms with Crippen molar-refractivity contribution in [2.75, 3.05) is 13.2 Å². The molecule has 10 nitrogen and oxygen atoms in total. The van der Waals surface area contributed by atoms with E-state index in [0.717, 1.165) is 6.07 Å². The highest BCUT2D eigenvalue weighted by Crippen LogP contribution is 2.26. The summed E-state index contributed by atoms with van der Waals surface area (Å²) in [5.74, 6) is -4.41. The first-order valence-corrected chi connectivity index (χ1v) is 10.5. The number of nitrogens with zero attached hydrogens (tertiary/aromatic N) is 3. The molecule has 1 heterocycles. The van der Waals surface area contributed by atoms with Gasteiger partial charge in [0.1, 0.15) is 11.4 Å². The van der Waals surface area contributed by atoms with E-state index in [1.54, 1.807) is 19.9 Å². The van der Waals surface area contributed by atoms with Gasteiger partial charge < -0.3 is 14.0 Å². The maximum atomic E-state index is 15.0. The van der Waals surface area contributed by atoms with Crippen LogP contribution in [-0.4, -0.2) is 34.6 Å².